The van der Waals surface area contributed by atoms with Gasteiger partial charge in [0.15, 0.2) is 5.11 Å². The number of thiocarbonyl (C=S) groups is 1. The third-order valence-corrected chi connectivity index (χ3v) is 3.64. The van der Waals surface area contributed by atoms with E-state index >= 15 is 0 Å². The summed E-state index contributed by atoms with van der Waals surface area (Å²) in [5, 5.41) is 8.00. The average Bonchev–Trinajstić information content (AvgIpc) is 2.90. The van der Waals surface area contributed by atoms with Crippen LogP contribution in [0.15, 0.2) is 30.5 Å². The van der Waals surface area contributed by atoms with Gasteiger partial charge < -0.3 is 10.2 Å². The van der Waals surface area contributed by atoms with Gasteiger partial charge in [-0.3, -0.25) is 4.68 Å². The topological polar surface area (TPSA) is 33.1 Å². The number of rotatable bonds is 4. The van der Waals surface area contributed by atoms with Crippen LogP contribution in [0.1, 0.15) is 12.6 Å². The molecule has 21 heavy (non-hydrogen) atoms. The van der Waals surface area contributed by atoms with Crippen molar-refractivity contribution in [2.75, 3.05) is 12.4 Å². The zero-order chi connectivity index (χ0) is 15.4. The molecule has 1 aromatic heterocycles. The molecule has 1 N–H and O–H groups in total. The molecule has 0 spiro atoms. The summed E-state index contributed by atoms with van der Waals surface area (Å²) in [7, 11) is 1.87. The Balaban J connectivity index is 1.97. The first-order valence-electron chi connectivity index (χ1n) is 6.49. The van der Waals surface area contributed by atoms with Crippen LogP contribution in [-0.4, -0.2) is 26.8 Å². The number of anilines is 1. The van der Waals surface area contributed by atoms with Gasteiger partial charge in [-0.25, -0.2) is 4.39 Å². The van der Waals surface area contributed by atoms with Crippen LogP contribution in [0.3, 0.4) is 0 Å². The molecule has 0 atom stereocenters. The highest BCUT2D eigenvalue weighted by Crippen LogP contribution is 2.19. The lowest BCUT2D eigenvalue weighted by Crippen LogP contribution is -2.30. The number of benzene rings is 1. The average molecular weight is 327 g/mol. The summed E-state index contributed by atoms with van der Waals surface area (Å²) in [5.74, 6) is -0.452. The van der Waals surface area contributed by atoms with Crippen LogP contribution in [0, 0.1) is 5.82 Å². The van der Waals surface area contributed by atoms with Crippen molar-refractivity contribution in [3.05, 3.63) is 47.0 Å². The van der Waals surface area contributed by atoms with E-state index in [-0.39, 0.29) is 5.02 Å². The normalized spacial score (nSPS) is 10.5. The second kappa shape index (κ2) is 6.87. The number of hydrogen-bond acceptors (Lipinski definition) is 2. The molecule has 4 nitrogen and oxygen atoms in total. The second-order valence-electron chi connectivity index (χ2n) is 4.58. The summed E-state index contributed by atoms with van der Waals surface area (Å²) in [5.41, 5.74) is 1.58. The molecule has 1 aromatic carbocycles. The summed E-state index contributed by atoms with van der Waals surface area (Å²) in [6.45, 7) is 3.46. The highest BCUT2D eigenvalue weighted by atomic mass is 35.5. The molecule has 0 saturated carbocycles. The lowest BCUT2D eigenvalue weighted by atomic mass is 10.3. The predicted molar refractivity (Wildman–Crippen MR) is 87.0 cm³/mol. The van der Waals surface area contributed by atoms with E-state index in [0.717, 1.165) is 12.2 Å². The number of hydrogen-bond donors (Lipinski definition) is 1. The van der Waals surface area contributed by atoms with Crippen LogP contribution in [0.25, 0.3) is 0 Å². The molecular formula is C14H16ClFN4S. The SMILES string of the molecule is CCn1ccc(CN(C)C(=S)Nc2ccc(F)c(Cl)c2)n1. The smallest absolute Gasteiger partial charge is 0.173 e. The zero-order valence-electron chi connectivity index (χ0n) is 11.8. The minimum absolute atomic E-state index is 0.0622. The highest BCUT2D eigenvalue weighted by molar-refractivity contribution is 7.80. The van der Waals surface area contributed by atoms with Gasteiger partial charge in [0.05, 0.1) is 17.3 Å². The maximum atomic E-state index is 13.1. The molecule has 0 amide bonds. The molecule has 112 valence electrons. The maximum Gasteiger partial charge on any atom is 0.173 e. The van der Waals surface area contributed by atoms with E-state index in [0.29, 0.717) is 17.3 Å². The van der Waals surface area contributed by atoms with E-state index in [1.807, 2.05) is 35.8 Å². The highest BCUT2D eigenvalue weighted by Gasteiger charge is 2.09. The summed E-state index contributed by atoms with van der Waals surface area (Å²) < 4.78 is 15.0. The molecule has 0 aliphatic carbocycles. The van der Waals surface area contributed by atoms with Gasteiger partial charge in [0.25, 0.3) is 0 Å². The molecule has 0 bridgehead atoms. The monoisotopic (exact) mass is 326 g/mol. The molecule has 0 aliphatic heterocycles. The summed E-state index contributed by atoms with van der Waals surface area (Å²) in [6, 6.07) is 6.35. The summed E-state index contributed by atoms with van der Waals surface area (Å²) in [4.78, 5) is 1.86. The Morgan fingerprint density at radius 1 is 1.48 bits per heavy atom. The molecule has 7 heteroatoms. The fourth-order valence-electron chi connectivity index (χ4n) is 1.77. The number of halogens is 2. The van der Waals surface area contributed by atoms with Crippen molar-refractivity contribution in [1.82, 2.24) is 14.7 Å². The van der Waals surface area contributed by atoms with Crippen LogP contribution in [0.5, 0.6) is 0 Å². The van der Waals surface area contributed by atoms with E-state index in [2.05, 4.69) is 10.4 Å². The van der Waals surface area contributed by atoms with E-state index in [1.165, 1.54) is 12.1 Å². The largest absolute Gasteiger partial charge is 0.346 e. The van der Waals surface area contributed by atoms with Crippen molar-refractivity contribution in [2.45, 2.75) is 20.0 Å². The van der Waals surface area contributed by atoms with Crippen molar-refractivity contribution in [2.24, 2.45) is 0 Å². The van der Waals surface area contributed by atoms with E-state index in [9.17, 15) is 4.39 Å². The van der Waals surface area contributed by atoms with Gasteiger partial charge in [0, 0.05) is 25.5 Å². The lowest BCUT2D eigenvalue weighted by Gasteiger charge is -2.20. The third kappa shape index (κ3) is 4.15. The van der Waals surface area contributed by atoms with Gasteiger partial charge in [-0.2, -0.15) is 5.10 Å². The van der Waals surface area contributed by atoms with Crippen LogP contribution in [0.2, 0.25) is 5.02 Å². The lowest BCUT2D eigenvalue weighted by molar-refractivity contribution is 0.492. The minimum atomic E-state index is -0.452. The first-order chi connectivity index (χ1) is 9.99. The number of aryl methyl sites for hydroxylation is 1. The van der Waals surface area contributed by atoms with Gasteiger partial charge in [-0.05, 0) is 43.4 Å². The summed E-state index contributed by atoms with van der Waals surface area (Å²) in [6.07, 6.45) is 1.93. The molecule has 0 radical (unpaired) electrons. The van der Waals surface area contributed by atoms with Gasteiger partial charge in [0.1, 0.15) is 5.82 Å². The molecule has 0 fully saturated rings. The third-order valence-electron chi connectivity index (χ3n) is 2.94. The molecular weight excluding hydrogens is 311 g/mol. The summed E-state index contributed by atoms with van der Waals surface area (Å²) >= 11 is 11.1. The number of nitrogens with one attached hydrogen (secondary N) is 1. The molecule has 2 aromatic rings. The maximum absolute atomic E-state index is 13.1. The Kier molecular flexibility index (Phi) is 5.14. The van der Waals surface area contributed by atoms with Gasteiger partial charge in [-0.1, -0.05) is 11.6 Å². The van der Waals surface area contributed by atoms with Crippen molar-refractivity contribution in [3.8, 4) is 0 Å². The van der Waals surface area contributed by atoms with Gasteiger partial charge in [0.2, 0.25) is 0 Å². The minimum Gasteiger partial charge on any atom is -0.346 e. The predicted octanol–water partition coefficient (Wildman–Crippen LogP) is 3.52. The zero-order valence-corrected chi connectivity index (χ0v) is 13.4. The molecule has 2 rings (SSSR count). The van der Waals surface area contributed by atoms with E-state index < -0.39 is 5.82 Å². The number of aromatic nitrogens is 2. The van der Waals surface area contributed by atoms with Crippen molar-refractivity contribution in [3.63, 3.8) is 0 Å². The Hall–Kier alpha value is -1.66. The fourth-order valence-corrected chi connectivity index (χ4v) is 2.13. The van der Waals surface area contributed by atoms with E-state index in [4.69, 9.17) is 23.8 Å². The Morgan fingerprint density at radius 3 is 2.86 bits per heavy atom. The quantitative estimate of drug-likeness (QED) is 0.871. The first-order valence-corrected chi connectivity index (χ1v) is 7.27. The van der Waals surface area contributed by atoms with Gasteiger partial charge >= 0.3 is 0 Å². The van der Waals surface area contributed by atoms with Crippen LogP contribution >= 0.6 is 23.8 Å². The first kappa shape index (κ1) is 15.7. The van der Waals surface area contributed by atoms with Crippen molar-refractivity contribution < 1.29 is 4.39 Å². The van der Waals surface area contributed by atoms with Gasteiger partial charge in [-0.15, -0.1) is 0 Å². The molecule has 0 unspecified atom stereocenters. The Bertz CT molecular complexity index is 644. The second-order valence-corrected chi connectivity index (χ2v) is 5.37. The standard InChI is InChI=1S/C14H16ClFN4S/c1-3-20-7-6-11(18-20)9-19(2)14(21)17-10-4-5-13(16)12(15)8-10/h4-8H,3,9H2,1-2H3,(H,17,21). The van der Waals surface area contributed by atoms with E-state index in [1.54, 1.807) is 6.07 Å². The van der Waals surface area contributed by atoms with Crippen LogP contribution < -0.4 is 5.32 Å². The van der Waals surface area contributed by atoms with Crippen LogP contribution in [-0.2, 0) is 13.1 Å². The molecule has 0 aliphatic rings. The fraction of sp³-hybridized carbons (Fsp3) is 0.286. The number of nitrogens with zero attached hydrogens (tertiary/aromatic N) is 3. The van der Waals surface area contributed by atoms with Crippen molar-refractivity contribution >= 4 is 34.6 Å². The Morgan fingerprint density at radius 2 is 2.24 bits per heavy atom. The molecule has 0 saturated heterocycles. The van der Waals surface area contributed by atoms with Crippen molar-refractivity contribution in [1.29, 1.82) is 0 Å². The Labute approximate surface area is 133 Å². The molecule has 1 heterocycles. The van der Waals surface area contributed by atoms with Crippen LogP contribution in [0.4, 0.5) is 10.1 Å².